The van der Waals surface area contributed by atoms with Gasteiger partial charge >= 0.3 is 0 Å². The second-order valence-corrected chi connectivity index (χ2v) is 5.61. The van der Waals surface area contributed by atoms with Gasteiger partial charge in [-0.15, -0.1) is 0 Å². The van der Waals surface area contributed by atoms with Crippen molar-refractivity contribution in [2.75, 3.05) is 10.5 Å². The minimum absolute atomic E-state index is 0.0274. The fourth-order valence-corrected chi connectivity index (χ4v) is 2.81. The number of pyridine rings is 1. The first-order chi connectivity index (χ1) is 7.97. The molecule has 0 bridgehead atoms. The number of nitrogens with one attached hydrogen (secondary N) is 1. The molecule has 0 aliphatic carbocycles. The smallest absolute Gasteiger partial charge is 0.265 e. The van der Waals surface area contributed by atoms with Crippen molar-refractivity contribution in [2.24, 2.45) is 0 Å². The predicted molar refractivity (Wildman–Crippen MR) is 64.1 cm³/mol. The van der Waals surface area contributed by atoms with Gasteiger partial charge in [-0.2, -0.15) is 4.37 Å². The molecule has 0 atom stereocenters. The van der Waals surface area contributed by atoms with E-state index in [0.717, 1.165) is 11.5 Å². The van der Waals surface area contributed by atoms with Crippen LogP contribution in [0.25, 0.3) is 0 Å². The number of nitrogen functional groups attached to an aromatic ring is 1. The van der Waals surface area contributed by atoms with Crippen molar-refractivity contribution in [3.63, 3.8) is 0 Å². The fraction of sp³-hybridized carbons (Fsp3) is 0.125. The molecule has 0 unspecified atom stereocenters. The van der Waals surface area contributed by atoms with Crippen LogP contribution in [0.5, 0.6) is 0 Å². The summed E-state index contributed by atoms with van der Waals surface area (Å²) >= 11 is 0.978. The minimum atomic E-state index is -3.68. The van der Waals surface area contributed by atoms with Crippen molar-refractivity contribution in [2.45, 2.75) is 11.8 Å². The van der Waals surface area contributed by atoms with Crippen LogP contribution in [0.15, 0.2) is 23.2 Å². The maximum absolute atomic E-state index is 11.9. The standard InChI is InChI=1S/C8H9N5O2S2/c1-5-11-8(16-12-5)13-17(14,15)6-2-3-7(9)10-4-6/h2-4H,1H3,(H2,9,10)(H,11,12,13). The Labute approximate surface area is 102 Å². The number of nitrogens with zero attached hydrogens (tertiary/aromatic N) is 3. The molecule has 90 valence electrons. The molecule has 0 saturated carbocycles. The first-order valence-corrected chi connectivity index (χ1v) is 6.78. The summed E-state index contributed by atoms with van der Waals surface area (Å²) in [6.45, 7) is 1.68. The van der Waals surface area contributed by atoms with Crippen LogP contribution in [0.3, 0.4) is 0 Å². The summed E-state index contributed by atoms with van der Waals surface area (Å²) in [6.07, 6.45) is 1.19. The molecular formula is C8H9N5O2S2. The molecule has 2 aromatic heterocycles. The highest BCUT2D eigenvalue weighted by Crippen LogP contribution is 2.17. The largest absolute Gasteiger partial charge is 0.384 e. The topological polar surface area (TPSA) is 111 Å². The minimum Gasteiger partial charge on any atom is -0.384 e. The second kappa shape index (κ2) is 4.26. The second-order valence-electron chi connectivity index (χ2n) is 3.17. The van der Waals surface area contributed by atoms with Crippen molar-refractivity contribution >= 4 is 32.5 Å². The molecule has 2 heterocycles. The van der Waals surface area contributed by atoms with Crippen molar-refractivity contribution in [3.05, 3.63) is 24.2 Å². The van der Waals surface area contributed by atoms with Gasteiger partial charge in [-0.25, -0.2) is 18.4 Å². The molecule has 3 N–H and O–H groups in total. The van der Waals surface area contributed by atoms with Crippen LogP contribution in [0.2, 0.25) is 0 Å². The lowest BCUT2D eigenvalue weighted by molar-refractivity contribution is 0.601. The number of rotatable bonds is 3. The van der Waals surface area contributed by atoms with Gasteiger partial charge < -0.3 is 5.73 Å². The molecule has 2 rings (SSSR count). The number of nitrogens with two attached hydrogens (primary N) is 1. The molecule has 0 saturated heterocycles. The highest BCUT2D eigenvalue weighted by Gasteiger charge is 2.16. The molecule has 2 aromatic rings. The lowest BCUT2D eigenvalue weighted by Crippen LogP contribution is -2.13. The quantitative estimate of drug-likeness (QED) is 0.846. The van der Waals surface area contributed by atoms with E-state index in [2.05, 4.69) is 19.1 Å². The van der Waals surface area contributed by atoms with Gasteiger partial charge in [-0.3, -0.25) is 4.72 Å². The van der Waals surface area contributed by atoms with E-state index >= 15 is 0 Å². The van der Waals surface area contributed by atoms with Crippen LogP contribution < -0.4 is 10.5 Å². The van der Waals surface area contributed by atoms with Crippen molar-refractivity contribution in [3.8, 4) is 0 Å². The summed E-state index contributed by atoms with van der Waals surface area (Å²) in [6, 6.07) is 2.79. The lowest BCUT2D eigenvalue weighted by Gasteiger charge is -2.03. The maximum Gasteiger partial charge on any atom is 0.265 e. The van der Waals surface area contributed by atoms with E-state index in [-0.39, 0.29) is 15.8 Å². The van der Waals surface area contributed by atoms with Crippen LogP contribution in [-0.2, 0) is 10.0 Å². The molecule has 0 aromatic carbocycles. The predicted octanol–water partition coefficient (Wildman–Crippen LogP) is 0.625. The van der Waals surface area contributed by atoms with Crippen LogP contribution in [0, 0.1) is 6.92 Å². The normalized spacial score (nSPS) is 11.4. The van der Waals surface area contributed by atoms with Gasteiger partial charge in [0.1, 0.15) is 16.5 Å². The molecule has 0 fully saturated rings. The van der Waals surface area contributed by atoms with Crippen molar-refractivity contribution in [1.29, 1.82) is 0 Å². The van der Waals surface area contributed by atoms with E-state index < -0.39 is 10.0 Å². The van der Waals surface area contributed by atoms with E-state index in [4.69, 9.17) is 5.73 Å². The zero-order chi connectivity index (χ0) is 12.5. The summed E-state index contributed by atoms with van der Waals surface area (Å²) in [7, 11) is -3.68. The van der Waals surface area contributed by atoms with Crippen molar-refractivity contribution < 1.29 is 8.42 Å². The molecule has 7 nitrogen and oxygen atoms in total. The summed E-state index contributed by atoms with van der Waals surface area (Å²) < 4.78 is 29.9. The number of sulfonamides is 1. The van der Waals surface area contributed by atoms with Gasteiger partial charge in [0.25, 0.3) is 10.0 Å². The van der Waals surface area contributed by atoms with Gasteiger partial charge in [0, 0.05) is 17.7 Å². The summed E-state index contributed by atoms with van der Waals surface area (Å²) in [5.41, 5.74) is 5.38. The Bertz CT molecular complexity index is 620. The van der Waals surface area contributed by atoms with E-state index in [1.807, 2.05) is 0 Å². The number of anilines is 2. The lowest BCUT2D eigenvalue weighted by atomic mass is 10.5. The van der Waals surface area contributed by atoms with Crippen molar-refractivity contribution in [1.82, 2.24) is 14.3 Å². The Hall–Kier alpha value is -1.74. The first kappa shape index (κ1) is 11.7. The fourth-order valence-electron chi connectivity index (χ4n) is 1.06. The Kier molecular flexibility index (Phi) is 2.94. The van der Waals surface area contributed by atoms with Gasteiger partial charge in [0.05, 0.1) is 0 Å². The number of aryl methyl sites for hydroxylation is 1. The van der Waals surface area contributed by atoms with Crippen LogP contribution in [-0.4, -0.2) is 22.8 Å². The molecular weight excluding hydrogens is 262 g/mol. The molecule has 17 heavy (non-hydrogen) atoms. The summed E-state index contributed by atoms with van der Waals surface area (Å²) in [4.78, 5) is 7.66. The SMILES string of the molecule is Cc1nsc(NS(=O)(=O)c2ccc(N)nc2)n1. The molecule has 9 heteroatoms. The van der Waals surface area contributed by atoms with Crippen LogP contribution in [0.4, 0.5) is 10.9 Å². The zero-order valence-electron chi connectivity index (χ0n) is 8.78. The molecule has 0 radical (unpaired) electrons. The van der Waals surface area contributed by atoms with E-state index in [0.29, 0.717) is 5.82 Å². The first-order valence-electron chi connectivity index (χ1n) is 4.52. The Morgan fingerprint density at radius 2 is 2.18 bits per heavy atom. The Morgan fingerprint density at radius 3 is 2.71 bits per heavy atom. The average molecular weight is 271 g/mol. The highest BCUT2D eigenvalue weighted by atomic mass is 32.2. The molecule has 0 spiro atoms. The Balaban J connectivity index is 2.28. The van der Waals surface area contributed by atoms with E-state index in [1.165, 1.54) is 18.3 Å². The number of hydrogen-bond donors (Lipinski definition) is 2. The third-order valence-corrected chi connectivity index (χ3v) is 3.99. The van der Waals surface area contributed by atoms with Crippen LogP contribution in [0.1, 0.15) is 5.82 Å². The average Bonchev–Trinajstić information content (AvgIpc) is 2.63. The zero-order valence-corrected chi connectivity index (χ0v) is 10.4. The number of aromatic nitrogens is 3. The van der Waals surface area contributed by atoms with E-state index in [9.17, 15) is 8.42 Å². The third kappa shape index (κ3) is 2.68. The van der Waals surface area contributed by atoms with Crippen LogP contribution >= 0.6 is 11.5 Å². The maximum atomic E-state index is 11.9. The van der Waals surface area contributed by atoms with Gasteiger partial charge in [-0.05, 0) is 19.1 Å². The number of hydrogen-bond acceptors (Lipinski definition) is 7. The molecule has 0 aliphatic rings. The highest BCUT2D eigenvalue weighted by molar-refractivity contribution is 7.93. The summed E-state index contributed by atoms with van der Waals surface area (Å²) in [5, 5.41) is 0.222. The third-order valence-electron chi connectivity index (χ3n) is 1.82. The Morgan fingerprint density at radius 1 is 1.41 bits per heavy atom. The monoisotopic (exact) mass is 271 g/mol. The summed E-state index contributed by atoms with van der Waals surface area (Å²) in [5.74, 6) is 0.777. The molecule has 0 aliphatic heterocycles. The van der Waals surface area contributed by atoms with E-state index in [1.54, 1.807) is 6.92 Å². The van der Waals surface area contributed by atoms with Gasteiger partial charge in [0.15, 0.2) is 0 Å². The molecule has 0 amide bonds. The van der Waals surface area contributed by atoms with Gasteiger partial charge in [0.2, 0.25) is 5.13 Å². The van der Waals surface area contributed by atoms with Gasteiger partial charge in [-0.1, -0.05) is 0 Å².